The molecule has 2 N–H and O–H groups in total. The second-order valence-corrected chi connectivity index (χ2v) is 11.0. The molecule has 0 saturated heterocycles. The molecule has 1 atom stereocenters. The first-order valence-corrected chi connectivity index (χ1v) is 13.1. The zero-order chi connectivity index (χ0) is 26.9. The highest BCUT2D eigenvalue weighted by Gasteiger charge is 2.25. The van der Waals surface area contributed by atoms with Crippen LogP contribution in [0.5, 0.6) is 0 Å². The monoisotopic (exact) mass is 528 g/mol. The summed E-state index contributed by atoms with van der Waals surface area (Å²) in [5.74, 6) is -1.46. The molecule has 3 aromatic rings. The number of amides is 1. The number of rotatable bonds is 7. The maximum Gasteiger partial charge on any atom is 0.326 e. The van der Waals surface area contributed by atoms with Crippen molar-refractivity contribution in [2.24, 2.45) is 0 Å². The molecule has 0 aliphatic rings. The van der Waals surface area contributed by atoms with Crippen LogP contribution in [0.1, 0.15) is 39.5 Å². The number of aryl methyl sites for hydroxylation is 4. The van der Waals surface area contributed by atoms with Crippen LogP contribution in [0.3, 0.4) is 0 Å². The second kappa shape index (κ2) is 10.3. The topological polar surface area (TPSA) is 104 Å². The number of hydrogen-bond acceptors (Lipinski definition) is 4. The molecule has 0 aromatic heterocycles. The van der Waals surface area contributed by atoms with Crippen molar-refractivity contribution in [2.75, 3.05) is 11.8 Å². The zero-order valence-corrected chi connectivity index (χ0v) is 22.6. The molecule has 0 spiro atoms. The summed E-state index contributed by atoms with van der Waals surface area (Å²) in [5.41, 5.74) is 5.00. The Hall–Kier alpha value is -3.36. The van der Waals surface area contributed by atoms with Crippen LogP contribution >= 0.6 is 11.6 Å². The third-order valence-corrected chi connectivity index (χ3v) is 8.13. The number of aliphatic carboxylic acids is 1. The normalized spacial score (nSPS) is 12.2. The summed E-state index contributed by atoms with van der Waals surface area (Å²) in [7, 11) is -2.38. The highest BCUT2D eigenvalue weighted by molar-refractivity contribution is 7.92. The fraction of sp³-hybridized carbons (Fsp3) is 0.259. The number of hydrogen-bond donors (Lipinski definition) is 2. The molecule has 0 bridgehead atoms. The number of benzene rings is 3. The van der Waals surface area contributed by atoms with Crippen molar-refractivity contribution in [1.82, 2.24) is 4.90 Å². The Morgan fingerprint density at radius 2 is 1.53 bits per heavy atom. The van der Waals surface area contributed by atoms with E-state index in [0.29, 0.717) is 38.5 Å². The molecule has 3 rings (SSSR count). The van der Waals surface area contributed by atoms with Gasteiger partial charge in [0.15, 0.2) is 0 Å². The number of likely N-dealkylation sites (N-methyl/N-ethyl adjacent to an activating group) is 1. The van der Waals surface area contributed by atoms with Gasteiger partial charge < -0.3 is 10.0 Å². The van der Waals surface area contributed by atoms with Gasteiger partial charge in [0.2, 0.25) is 0 Å². The summed E-state index contributed by atoms with van der Waals surface area (Å²) >= 11 is 6.12. The predicted molar refractivity (Wildman–Crippen MR) is 142 cm³/mol. The van der Waals surface area contributed by atoms with Crippen molar-refractivity contribution < 1.29 is 23.1 Å². The van der Waals surface area contributed by atoms with E-state index < -0.39 is 22.0 Å². The van der Waals surface area contributed by atoms with Gasteiger partial charge in [-0.05, 0) is 92.3 Å². The van der Waals surface area contributed by atoms with E-state index in [1.165, 1.54) is 18.9 Å². The maximum absolute atomic E-state index is 13.1. The average molecular weight is 529 g/mol. The lowest BCUT2D eigenvalue weighted by molar-refractivity contribution is -0.141. The summed E-state index contributed by atoms with van der Waals surface area (Å²) in [6.07, 6.45) is 0. The lowest BCUT2D eigenvalue weighted by atomic mass is 9.94. The van der Waals surface area contributed by atoms with E-state index >= 15 is 0 Å². The van der Waals surface area contributed by atoms with Gasteiger partial charge in [-0.25, -0.2) is 13.2 Å². The average Bonchev–Trinajstić information content (AvgIpc) is 2.79. The van der Waals surface area contributed by atoms with E-state index in [9.17, 15) is 23.1 Å². The molecule has 0 saturated carbocycles. The van der Waals surface area contributed by atoms with Crippen LogP contribution < -0.4 is 4.72 Å². The molecule has 0 heterocycles. The Morgan fingerprint density at radius 3 is 2.11 bits per heavy atom. The van der Waals surface area contributed by atoms with Crippen molar-refractivity contribution in [3.8, 4) is 11.1 Å². The number of carbonyl (C=O) groups is 2. The SMILES string of the molecule is Cc1cc(S(=O)(=O)Nc2cccc(-c3cc(C)c(C(=O)N(C)C(C)C(=O)O)c(C)c3)c2)c(C)cc1Cl. The van der Waals surface area contributed by atoms with Crippen LogP contribution in [0.15, 0.2) is 53.4 Å². The number of nitrogens with one attached hydrogen (secondary N) is 1. The van der Waals surface area contributed by atoms with E-state index in [2.05, 4.69) is 4.72 Å². The Labute approximate surface area is 216 Å². The smallest absolute Gasteiger partial charge is 0.326 e. The van der Waals surface area contributed by atoms with E-state index in [1.807, 2.05) is 18.2 Å². The van der Waals surface area contributed by atoms with E-state index in [-0.39, 0.29) is 10.8 Å². The maximum atomic E-state index is 13.1. The first-order chi connectivity index (χ1) is 16.7. The molecule has 3 aromatic carbocycles. The third-order valence-electron chi connectivity index (χ3n) is 6.20. The fourth-order valence-electron chi connectivity index (χ4n) is 4.00. The summed E-state index contributed by atoms with van der Waals surface area (Å²) in [5, 5.41) is 9.76. The highest BCUT2D eigenvalue weighted by Crippen LogP contribution is 2.30. The lowest BCUT2D eigenvalue weighted by Crippen LogP contribution is -2.40. The first kappa shape index (κ1) is 27.2. The van der Waals surface area contributed by atoms with Gasteiger partial charge in [-0.3, -0.25) is 9.52 Å². The Kier molecular flexibility index (Phi) is 7.81. The molecule has 36 heavy (non-hydrogen) atoms. The van der Waals surface area contributed by atoms with Crippen molar-refractivity contribution in [3.05, 3.63) is 81.4 Å². The number of nitrogens with zero attached hydrogens (tertiary/aromatic N) is 1. The number of carbonyl (C=O) groups excluding carboxylic acids is 1. The summed E-state index contributed by atoms with van der Waals surface area (Å²) in [6, 6.07) is 12.9. The molecule has 190 valence electrons. The van der Waals surface area contributed by atoms with Crippen molar-refractivity contribution in [3.63, 3.8) is 0 Å². The number of sulfonamides is 1. The lowest BCUT2D eigenvalue weighted by Gasteiger charge is -2.24. The van der Waals surface area contributed by atoms with Gasteiger partial charge in [-0.2, -0.15) is 0 Å². The van der Waals surface area contributed by atoms with Gasteiger partial charge in [-0.15, -0.1) is 0 Å². The highest BCUT2D eigenvalue weighted by atomic mass is 35.5. The summed E-state index contributed by atoms with van der Waals surface area (Å²) in [6.45, 7) is 8.49. The van der Waals surface area contributed by atoms with Gasteiger partial charge in [0, 0.05) is 23.3 Å². The van der Waals surface area contributed by atoms with Gasteiger partial charge >= 0.3 is 5.97 Å². The molecule has 0 radical (unpaired) electrons. The predicted octanol–water partition coefficient (Wildman–Crippen LogP) is 5.59. The van der Waals surface area contributed by atoms with Gasteiger partial charge in [-0.1, -0.05) is 35.9 Å². The third kappa shape index (κ3) is 5.55. The molecule has 1 unspecified atom stereocenters. The number of anilines is 1. The van der Waals surface area contributed by atoms with Crippen molar-refractivity contribution >= 4 is 39.2 Å². The van der Waals surface area contributed by atoms with Crippen molar-refractivity contribution in [2.45, 2.75) is 45.6 Å². The van der Waals surface area contributed by atoms with Crippen LogP contribution in [0, 0.1) is 27.7 Å². The van der Waals surface area contributed by atoms with E-state index in [4.69, 9.17) is 11.6 Å². The number of halogens is 1. The molecule has 7 nitrogen and oxygen atoms in total. The summed E-state index contributed by atoms with van der Waals surface area (Å²) in [4.78, 5) is 25.6. The summed E-state index contributed by atoms with van der Waals surface area (Å²) < 4.78 is 28.8. The first-order valence-electron chi connectivity index (χ1n) is 11.2. The van der Waals surface area contributed by atoms with E-state index in [1.54, 1.807) is 58.0 Å². The minimum absolute atomic E-state index is 0.157. The standard InChI is InChI=1S/C27H29ClN2O5S/c1-15-13-24(16(2)12-23(15)28)36(34,35)29-22-9-7-8-20(14-22)21-10-17(3)25(18(4)11-21)26(31)30(6)19(5)27(32)33/h7-14,19,29H,1-6H3,(H,32,33). The molecule has 0 aliphatic carbocycles. The number of carboxylic acid groups (broad SMARTS) is 1. The quantitative estimate of drug-likeness (QED) is 0.416. The van der Waals surface area contributed by atoms with Gasteiger partial charge in [0.1, 0.15) is 6.04 Å². The number of carboxylic acids is 1. The van der Waals surface area contributed by atoms with Crippen LogP contribution in [0.25, 0.3) is 11.1 Å². The molecule has 1 amide bonds. The van der Waals surface area contributed by atoms with Gasteiger partial charge in [0.05, 0.1) is 4.90 Å². The van der Waals surface area contributed by atoms with Crippen molar-refractivity contribution in [1.29, 1.82) is 0 Å². The molecular weight excluding hydrogens is 500 g/mol. The Bertz CT molecular complexity index is 1440. The van der Waals surface area contributed by atoms with Gasteiger partial charge in [0.25, 0.3) is 15.9 Å². The minimum Gasteiger partial charge on any atom is -0.480 e. The van der Waals surface area contributed by atoms with Crippen LogP contribution in [-0.4, -0.2) is 43.4 Å². The largest absolute Gasteiger partial charge is 0.480 e. The Morgan fingerprint density at radius 1 is 0.917 bits per heavy atom. The Balaban J connectivity index is 1.95. The second-order valence-electron chi connectivity index (χ2n) is 8.97. The minimum atomic E-state index is -3.85. The molecule has 0 aliphatic heterocycles. The molecule has 9 heteroatoms. The zero-order valence-electron chi connectivity index (χ0n) is 21.0. The van der Waals surface area contributed by atoms with Crippen LogP contribution in [-0.2, 0) is 14.8 Å². The molecule has 0 fully saturated rings. The fourth-order valence-corrected chi connectivity index (χ4v) is 5.58. The van der Waals surface area contributed by atoms with Crippen LogP contribution in [0.4, 0.5) is 5.69 Å². The molecular formula is C27H29ClN2O5S. The van der Waals surface area contributed by atoms with E-state index in [0.717, 1.165) is 11.1 Å². The van der Waals surface area contributed by atoms with Crippen LogP contribution in [0.2, 0.25) is 5.02 Å².